The number of anilines is 2. The van der Waals surface area contributed by atoms with Crippen molar-refractivity contribution >= 4 is 50.3 Å². The molecule has 0 saturated heterocycles. The molecule has 0 spiro atoms. The van der Waals surface area contributed by atoms with Gasteiger partial charge in [0.15, 0.2) is 0 Å². The van der Waals surface area contributed by atoms with Gasteiger partial charge in [-0.3, -0.25) is 14.3 Å². The molecule has 1 aromatic heterocycles. The molecular formula is C25H22Cl2N4O4S. The number of rotatable bonds is 7. The summed E-state index contributed by atoms with van der Waals surface area (Å²) in [6, 6.07) is 19.7. The van der Waals surface area contributed by atoms with Gasteiger partial charge in [-0.1, -0.05) is 59.6 Å². The molecule has 0 radical (unpaired) electrons. The SMILES string of the molecule is Cc1c(NC(=O)CNc2ccc(S(=O)(=O)c3ccccc3)c(Cl)c2Cl)c(=O)n(-c2ccccc2)n1C. The summed E-state index contributed by atoms with van der Waals surface area (Å²) in [7, 11) is -2.15. The van der Waals surface area contributed by atoms with E-state index in [2.05, 4.69) is 10.6 Å². The molecule has 2 N–H and O–H groups in total. The van der Waals surface area contributed by atoms with Gasteiger partial charge in [0.25, 0.3) is 5.56 Å². The number of aromatic nitrogens is 2. The van der Waals surface area contributed by atoms with E-state index in [1.165, 1.54) is 28.9 Å². The Morgan fingerprint density at radius 2 is 1.53 bits per heavy atom. The van der Waals surface area contributed by atoms with E-state index in [0.29, 0.717) is 11.4 Å². The molecular weight excluding hydrogens is 523 g/mol. The van der Waals surface area contributed by atoms with Crippen LogP contribution in [-0.4, -0.2) is 30.2 Å². The minimum Gasteiger partial charge on any atom is -0.375 e. The summed E-state index contributed by atoms with van der Waals surface area (Å²) < 4.78 is 29.0. The fourth-order valence-corrected chi connectivity index (χ4v) is 5.79. The van der Waals surface area contributed by atoms with Crippen LogP contribution in [0.3, 0.4) is 0 Å². The van der Waals surface area contributed by atoms with E-state index in [4.69, 9.17) is 23.2 Å². The number of amides is 1. The van der Waals surface area contributed by atoms with Crippen molar-refractivity contribution in [2.45, 2.75) is 16.7 Å². The molecule has 0 aliphatic carbocycles. The van der Waals surface area contributed by atoms with Gasteiger partial charge in [0, 0.05) is 7.05 Å². The maximum Gasteiger partial charge on any atom is 0.295 e. The molecule has 3 aromatic carbocycles. The maximum atomic E-state index is 13.0. The predicted octanol–water partition coefficient (Wildman–Crippen LogP) is 4.67. The van der Waals surface area contributed by atoms with Gasteiger partial charge in [0.2, 0.25) is 15.7 Å². The van der Waals surface area contributed by atoms with Crippen LogP contribution >= 0.6 is 23.2 Å². The van der Waals surface area contributed by atoms with Crippen molar-refractivity contribution < 1.29 is 13.2 Å². The lowest BCUT2D eigenvalue weighted by atomic mass is 10.3. The molecule has 11 heteroatoms. The van der Waals surface area contributed by atoms with E-state index in [-0.39, 0.29) is 43.3 Å². The first-order valence-corrected chi connectivity index (χ1v) is 13.0. The third-order valence-corrected chi connectivity index (χ3v) is 8.45. The molecule has 0 atom stereocenters. The summed E-state index contributed by atoms with van der Waals surface area (Å²) in [5.74, 6) is -0.491. The van der Waals surface area contributed by atoms with Crippen molar-refractivity contribution in [2.24, 2.45) is 7.05 Å². The molecule has 0 unspecified atom stereocenters. The first-order valence-electron chi connectivity index (χ1n) is 10.8. The molecule has 0 aliphatic rings. The Hall–Kier alpha value is -3.53. The van der Waals surface area contributed by atoms with Gasteiger partial charge in [0.05, 0.1) is 43.4 Å². The second kappa shape index (κ2) is 10.2. The van der Waals surface area contributed by atoms with E-state index in [0.717, 1.165) is 0 Å². The van der Waals surface area contributed by atoms with Crippen LogP contribution in [0.4, 0.5) is 11.4 Å². The van der Waals surface area contributed by atoms with Crippen LogP contribution in [0.15, 0.2) is 87.4 Å². The number of nitrogens with one attached hydrogen (secondary N) is 2. The number of carbonyl (C=O) groups excluding carboxylic acids is 1. The number of hydrogen-bond donors (Lipinski definition) is 2. The number of nitrogens with zero attached hydrogens (tertiary/aromatic N) is 2. The van der Waals surface area contributed by atoms with Crippen LogP contribution in [0.1, 0.15) is 5.69 Å². The highest BCUT2D eigenvalue weighted by molar-refractivity contribution is 7.91. The van der Waals surface area contributed by atoms with Crippen LogP contribution < -0.4 is 16.2 Å². The van der Waals surface area contributed by atoms with Crippen molar-refractivity contribution in [3.05, 3.63) is 98.9 Å². The molecule has 8 nitrogen and oxygen atoms in total. The lowest BCUT2D eigenvalue weighted by molar-refractivity contribution is -0.114. The Balaban J connectivity index is 1.52. The minimum absolute atomic E-state index is 0.0382. The fraction of sp³-hybridized carbons (Fsp3) is 0.120. The van der Waals surface area contributed by atoms with Crippen molar-refractivity contribution in [1.82, 2.24) is 9.36 Å². The first kappa shape index (κ1) is 25.6. The standard InChI is InChI=1S/C25H22Cl2N4O4S/c1-16-24(25(33)31(30(16)2)17-9-5-3-6-10-17)29-21(32)15-28-19-13-14-20(23(27)22(19)26)36(34,35)18-11-7-4-8-12-18/h3-14,28H,15H2,1-2H3,(H,29,32). The van der Waals surface area contributed by atoms with E-state index in [1.807, 2.05) is 18.2 Å². The van der Waals surface area contributed by atoms with Gasteiger partial charge in [-0.15, -0.1) is 0 Å². The predicted molar refractivity (Wildman–Crippen MR) is 141 cm³/mol. The second-order valence-corrected chi connectivity index (χ2v) is 10.6. The highest BCUT2D eigenvalue weighted by atomic mass is 35.5. The average molecular weight is 545 g/mol. The lowest BCUT2D eigenvalue weighted by Gasteiger charge is -2.13. The Morgan fingerprint density at radius 3 is 2.17 bits per heavy atom. The topological polar surface area (TPSA) is 102 Å². The number of halogens is 2. The molecule has 0 aliphatic heterocycles. The summed E-state index contributed by atoms with van der Waals surface area (Å²) in [5.41, 5.74) is 1.30. The van der Waals surface area contributed by atoms with Crippen LogP contribution in [0.2, 0.25) is 10.0 Å². The van der Waals surface area contributed by atoms with Gasteiger partial charge in [0.1, 0.15) is 5.69 Å². The molecule has 1 heterocycles. The van der Waals surface area contributed by atoms with Gasteiger partial charge in [-0.05, 0) is 43.3 Å². The third-order valence-electron chi connectivity index (χ3n) is 5.65. The van der Waals surface area contributed by atoms with Crippen LogP contribution in [-0.2, 0) is 21.7 Å². The van der Waals surface area contributed by atoms with Crippen LogP contribution in [0.5, 0.6) is 0 Å². The zero-order valence-electron chi connectivity index (χ0n) is 19.3. The molecule has 4 aromatic rings. The molecule has 0 bridgehead atoms. The zero-order chi connectivity index (χ0) is 26.0. The lowest BCUT2D eigenvalue weighted by Crippen LogP contribution is -2.26. The maximum absolute atomic E-state index is 13.0. The summed E-state index contributed by atoms with van der Waals surface area (Å²) in [5, 5.41) is 5.29. The molecule has 4 rings (SSSR count). The number of benzene rings is 3. The van der Waals surface area contributed by atoms with Crippen molar-refractivity contribution in [2.75, 3.05) is 17.2 Å². The van der Waals surface area contributed by atoms with Crippen LogP contribution in [0.25, 0.3) is 5.69 Å². The monoisotopic (exact) mass is 544 g/mol. The van der Waals surface area contributed by atoms with Gasteiger partial charge >= 0.3 is 0 Å². The fourth-order valence-electron chi connectivity index (χ4n) is 3.67. The smallest absolute Gasteiger partial charge is 0.295 e. The van der Waals surface area contributed by atoms with Gasteiger partial charge in [-0.25, -0.2) is 13.1 Å². The normalized spacial score (nSPS) is 11.3. The van der Waals surface area contributed by atoms with E-state index in [9.17, 15) is 18.0 Å². The third kappa shape index (κ3) is 4.77. The van der Waals surface area contributed by atoms with Crippen molar-refractivity contribution in [3.63, 3.8) is 0 Å². The average Bonchev–Trinajstić information content (AvgIpc) is 3.08. The molecule has 1 amide bonds. The van der Waals surface area contributed by atoms with E-state index >= 15 is 0 Å². The van der Waals surface area contributed by atoms with Crippen molar-refractivity contribution in [1.29, 1.82) is 0 Å². The van der Waals surface area contributed by atoms with Crippen LogP contribution in [0, 0.1) is 6.92 Å². The Labute approximate surface area is 218 Å². The number of hydrogen-bond acceptors (Lipinski definition) is 5. The van der Waals surface area contributed by atoms with Crippen molar-refractivity contribution in [3.8, 4) is 5.69 Å². The van der Waals surface area contributed by atoms with Gasteiger partial charge in [-0.2, -0.15) is 0 Å². The quantitative estimate of drug-likeness (QED) is 0.351. The Kier molecular flexibility index (Phi) is 7.26. The zero-order valence-corrected chi connectivity index (χ0v) is 21.7. The summed E-state index contributed by atoms with van der Waals surface area (Å²) in [6.07, 6.45) is 0. The van der Waals surface area contributed by atoms with E-state index < -0.39 is 15.7 Å². The summed E-state index contributed by atoms with van der Waals surface area (Å²) in [6.45, 7) is 1.49. The molecule has 36 heavy (non-hydrogen) atoms. The largest absolute Gasteiger partial charge is 0.375 e. The Morgan fingerprint density at radius 1 is 0.917 bits per heavy atom. The summed E-state index contributed by atoms with van der Waals surface area (Å²) in [4.78, 5) is 25.6. The molecule has 0 fully saturated rings. The molecule has 186 valence electrons. The number of carbonyl (C=O) groups is 1. The van der Waals surface area contributed by atoms with E-state index in [1.54, 1.807) is 49.0 Å². The molecule has 0 saturated carbocycles. The highest BCUT2D eigenvalue weighted by Crippen LogP contribution is 2.37. The highest BCUT2D eigenvalue weighted by Gasteiger charge is 2.24. The first-order chi connectivity index (χ1) is 17.1. The number of sulfone groups is 1. The minimum atomic E-state index is -3.88. The Bertz CT molecular complexity index is 1600. The number of para-hydroxylation sites is 1. The van der Waals surface area contributed by atoms with Gasteiger partial charge < -0.3 is 10.6 Å². The second-order valence-electron chi connectivity index (χ2n) is 7.89. The summed E-state index contributed by atoms with van der Waals surface area (Å²) >= 11 is 12.6.